The molecule has 2 nitrogen and oxygen atoms in total. The molecule has 0 atom stereocenters. The van der Waals surface area contributed by atoms with Crippen molar-refractivity contribution in [3.63, 3.8) is 0 Å². The van der Waals surface area contributed by atoms with Gasteiger partial charge in [-0.05, 0) is 31.0 Å². The number of hydrogen-bond acceptors (Lipinski definition) is 2. The first kappa shape index (κ1) is 14.0. The van der Waals surface area contributed by atoms with Crippen LogP contribution in [0.2, 0.25) is 0 Å². The van der Waals surface area contributed by atoms with Crippen molar-refractivity contribution in [2.24, 2.45) is 0 Å². The highest BCUT2D eigenvalue weighted by molar-refractivity contribution is 5.19. The van der Waals surface area contributed by atoms with E-state index in [0.29, 0.717) is 13.1 Å². The Labute approximate surface area is 99.3 Å². The number of nitrogens with zero attached hydrogens (tertiary/aromatic N) is 1. The highest BCUT2D eigenvalue weighted by Crippen LogP contribution is 2.20. The smallest absolute Gasteiger partial charge is 0.311 e. The van der Waals surface area contributed by atoms with Crippen LogP contribution in [0.4, 0.5) is 13.2 Å². The van der Waals surface area contributed by atoms with Gasteiger partial charge in [-0.1, -0.05) is 13.0 Å². The van der Waals surface area contributed by atoms with Crippen molar-refractivity contribution >= 4 is 0 Å². The Hall–Kier alpha value is -1.10. The van der Waals surface area contributed by atoms with Gasteiger partial charge in [0.05, 0.1) is 5.69 Å². The minimum absolute atomic E-state index is 0.109. The molecule has 0 spiro atoms. The van der Waals surface area contributed by atoms with Crippen molar-refractivity contribution in [1.29, 1.82) is 0 Å². The largest absolute Gasteiger partial charge is 0.389 e. The number of nitrogens with one attached hydrogen (secondary N) is 1. The van der Waals surface area contributed by atoms with Gasteiger partial charge in [0, 0.05) is 19.2 Å². The lowest BCUT2D eigenvalue weighted by Crippen LogP contribution is -2.19. The zero-order valence-corrected chi connectivity index (χ0v) is 9.85. The quantitative estimate of drug-likeness (QED) is 0.780. The Morgan fingerprint density at radius 2 is 2.12 bits per heavy atom. The summed E-state index contributed by atoms with van der Waals surface area (Å²) in [5.74, 6) is 0. The zero-order valence-electron chi connectivity index (χ0n) is 9.85. The fourth-order valence-corrected chi connectivity index (χ4v) is 1.57. The number of aromatic nitrogens is 1. The van der Waals surface area contributed by atoms with Crippen LogP contribution >= 0.6 is 0 Å². The van der Waals surface area contributed by atoms with E-state index in [-0.39, 0.29) is 6.42 Å². The lowest BCUT2D eigenvalue weighted by molar-refractivity contribution is -0.135. The molecule has 96 valence electrons. The van der Waals surface area contributed by atoms with Crippen LogP contribution < -0.4 is 5.32 Å². The summed E-state index contributed by atoms with van der Waals surface area (Å²) in [6.07, 6.45) is -2.10. The molecule has 0 fully saturated rings. The number of hydrogen-bond donors (Lipinski definition) is 1. The maximum atomic E-state index is 11.9. The molecule has 0 unspecified atom stereocenters. The molecule has 0 aliphatic carbocycles. The van der Waals surface area contributed by atoms with E-state index in [0.717, 1.165) is 17.7 Å². The van der Waals surface area contributed by atoms with Gasteiger partial charge in [0.1, 0.15) is 0 Å². The molecule has 0 saturated carbocycles. The van der Waals surface area contributed by atoms with Crippen LogP contribution in [0, 0.1) is 0 Å². The molecule has 5 heteroatoms. The van der Waals surface area contributed by atoms with Crippen LogP contribution in [0.25, 0.3) is 0 Å². The Morgan fingerprint density at radius 1 is 1.35 bits per heavy atom. The van der Waals surface area contributed by atoms with Gasteiger partial charge in [0.25, 0.3) is 0 Å². The van der Waals surface area contributed by atoms with Crippen molar-refractivity contribution < 1.29 is 13.2 Å². The van der Waals surface area contributed by atoms with Gasteiger partial charge < -0.3 is 5.32 Å². The molecule has 0 saturated heterocycles. The third-order valence-electron chi connectivity index (χ3n) is 2.47. The third kappa shape index (κ3) is 5.68. The summed E-state index contributed by atoms with van der Waals surface area (Å²) >= 11 is 0. The highest BCUT2D eigenvalue weighted by Gasteiger charge is 2.25. The maximum absolute atomic E-state index is 11.9. The van der Waals surface area contributed by atoms with Crippen molar-refractivity contribution in [1.82, 2.24) is 10.3 Å². The molecule has 0 radical (unpaired) electrons. The number of alkyl halides is 3. The molecule has 1 aromatic heterocycles. The first-order valence-electron chi connectivity index (χ1n) is 5.73. The highest BCUT2D eigenvalue weighted by atomic mass is 19.4. The van der Waals surface area contributed by atoms with Gasteiger partial charge in [-0.2, -0.15) is 13.2 Å². The van der Waals surface area contributed by atoms with E-state index < -0.39 is 12.6 Å². The Bertz CT molecular complexity index is 337. The minimum atomic E-state index is -4.05. The average Bonchev–Trinajstić information content (AvgIpc) is 2.27. The second kappa shape index (κ2) is 6.59. The zero-order chi connectivity index (χ0) is 12.7. The van der Waals surface area contributed by atoms with Crippen LogP contribution in [-0.4, -0.2) is 17.7 Å². The summed E-state index contributed by atoms with van der Waals surface area (Å²) in [6, 6.07) is 3.85. The Kier molecular flexibility index (Phi) is 5.41. The topological polar surface area (TPSA) is 24.9 Å². The second-order valence-corrected chi connectivity index (χ2v) is 3.86. The summed E-state index contributed by atoms with van der Waals surface area (Å²) in [5, 5.41) is 2.99. The molecule has 0 bridgehead atoms. The monoisotopic (exact) mass is 246 g/mol. The minimum Gasteiger partial charge on any atom is -0.311 e. The van der Waals surface area contributed by atoms with E-state index in [1.54, 1.807) is 6.20 Å². The summed E-state index contributed by atoms with van der Waals surface area (Å²) in [7, 11) is 0. The van der Waals surface area contributed by atoms with E-state index >= 15 is 0 Å². The van der Waals surface area contributed by atoms with Crippen LogP contribution in [0.15, 0.2) is 18.3 Å². The molecule has 0 aliphatic rings. The van der Waals surface area contributed by atoms with E-state index in [2.05, 4.69) is 10.3 Å². The predicted octanol–water partition coefficient (Wildman–Crippen LogP) is 3.08. The van der Waals surface area contributed by atoms with Gasteiger partial charge in [0.2, 0.25) is 0 Å². The molecule has 0 amide bonds. The second-order valence-electron chi connectivity index (χ2n) is 3.86. The third-order valence-corrected chi connectivity index (χ3v) is 2.47. The van der Waals surface area contributed by atoms with E-state index in [4.69, 9.17) is 0 Å². The summed E-state index contributed by atoms with van der Waals surface area (Å²) in [4.78, 5) is 4.21. The van der Waals surface area contributed by atoms with Crippen molar-refractivity contribution in [3.8, 4) is 0 Å². The Morgan fingerprint density at radius 3 is 2.76 bits per heavy atom. The molecule has 1 aromatic rings. The first-order chi connectivity index (χ1) is 8.03. The summed E-state index contributed by atoms with van der Waals surface area (Å²) < 4.78 is 35.7. The van der Waals surface area contributed by atoms with Gasteiger partial charge in [-0.25, -0.2) is 0 Å². The number of halogens is 3. The van der Waals surface area contributed by atoms with Crippen LogP contribution in [-0.2, 0) is 13.0 Å². The number of aryl methyl sites for hydroxylation is 1. The fourth-order valence-electron chi connectivity index (χ4n) is 1.57. The molecule has 17 heavy (non-hydrogen) atoms. The van der Waals surface area contributed by atoms with Crippen molar-refractivity contribution in [2.75, 3.05) is 6.54 Å². The molecule has 1 rings (SSSR count). The van der Waals surface area contributed by atoms with Gasteiger partial charge >= 0.3 is 6.18 Å². The predicted molar refractivity (Wildman–Crippen MR) is 60.6 cm³/mol. The van der Waals surface area contributed by atoms with Crippen LogP contribution in [0.5, 0.6) is 0 Å². The average molecular weight is 246 g/mol. The standard InChI is InChI=1S/C12H17F3N2/c1-2-10-5-3-8-17-11(10)9-16-7-4-6-12(13,14)15/h3,5,8,16H,2,4,6-7,9H2,1H3. The van der Waals surface area contributed by atoms with Crippen LogP contribution in [0.1, 0.15) is 31.0 Å². The van der Waals surface area contributed by atoms with E-state index in [1.807, 2.05) is 19.1 Å². The summed E-state index contributed by atoms with van der Waals surface area (Å²) in [6.45, 7) is 2.92. The Balaban J connectivity index is 2.27. The van der Waals surface area contributed by atoms with Gasteiger partial charge in [-0.15, -0.1) is 0 Å². The molecule has 0 aromatic carbocycles. The number of pyridine rings is 1. The first-order valence-corrected chi connectivity index (χ1v) is 5.73. The van der Waals surface area contributed by atoms with Crippen LogP contribution in [0.3, 0.4) is 0 Å². The SMILES string of the molecule is CCc1cccnc1CNCCCC(F)(F)F. The molecular formula is C12H17F3N2. The molecule has 0 aliphatic heterocycles. The fraction of sp³-hybridized carbons (Fsp3) is 0.583. The van der Waals surface area contributed by atoms with Gasteiger partial charge in [0.15, 0.2) is 0 Å². The van der Waals surface area contributed by atoms with Crippen molar-refractivity contribution in [2.45, 2.75) is 38.9 Å². The lowest BCUT2D eigenvalue weighted by atomic mass is 10.1. The van der Waals surface area contributed by atoms with E-state index in [1.165, 1.54) is 0 Å². The molecule has 1 N–H and O–H groups in total. The summed E-state index contributed by atoms with van der Waals surface area (Å²) in [5.41, 5.74) is 2.05. The molecular weight excluding hydrogens is 229 g/mol. The lowest BCUT2D eigenvalue weighted by Gasteiger charge is -2.09. The number of rotatable bonds is 6. The molecule has 1 heterocycles. The van der Waals surface area contributed by atoms with E-state index in [9.17, 15) is 13.2 Å². The van der Waals surface area contributed by atoms with Gasteiger partial charge in [-0.3, -0.25) is 4.98 Å². The normalized spacial score (nSPS) is 11.8. The maximum Gasteiger partial charge on any atom is 0.389 e. The van der Waals surface area contributed by atoms with Crippen molar-refractivity contribution in [3.05, 3.63) is 29.6 Å².